The predicted molar refractivity (Wildman–Crippen MR) is 44.0 cm³/mol. The maximum Gasteiger partial charge on any atom is 0.422 e. The first-order valence-corrected chi connectivity index (χ1v) is 4.34. The Balaban J connectivity index is 3.68. The van der Waals surface area contributed by atoms with Crippen molar-refractivity contribution in [2.45, 2.75) is 6.18 Å². The van der Waals surface area contributed by atoms with E-state index in [1.807, 2.05) is 0 Å². The van der Waals surface area contributed by atoms with Crippen LogP contribution >= 0.6 is 22.6 Å². The van der Waals surface area contributed by atoms with E-state index in [9.17, 15) is 30.7 Å². The van der Waals surface area contributed by atoms with Gasteiger partial charge in [-0.1, -0.05) is 0 Å². The van der Waals surface area contributed by atoms with Crippen LogP contribution in [-0.2, 0) is 6.18 Å². The van der Waals surface area contributed by atoms with Gasteiger partial charge in [0.1, 0.15) is 5.56 Å². The Morgan fingerprint density at radius 3 is 1.60 bits per heavy atom. The Hall–Kier alpha value is -0.540. The van der Waals surface area contributed by atoms with Crippen LogP contribution in [0.1, 0.15) is 5.56 Å². The lowest BCUT2D eigenvalue weighted by Crippen LogP contribution is -2.16. The molecule has 0 aliphatic heterocycles. The van der Waals surface area contributed by atoms with Crippen LogP contribution in [-0.4, -0.2) is 0 Å². The van der Waals surface area contributed by atoms with Crippen molar-refractivity contribution in [2.24, 2.45) is 0 Å². The minimum absolute atomic E-state index is 0.820. The molecule has 0 saturated carbocycles. The van der Waals surface area contributed by atoms with Crippen LogP contribution in [0.5, 0.6) is 0 Å². The van der Waals surface area contributed by atoms with Crippen LogP contribution in [0.2, 0.25) is 0 Å². The zero-order valence-corrected chi connectivity index (χ0v) is 8.68. The number of hydrogen-bond acceptors (Lipinski definition) is 0. The van der Waals surface area contributed by atoms with Gasteiger partial charge >= 0.3 is 6.18 Å². The van der Waals surface area contributed by atoms with Gasteiger partial charge in [0.25, 0.3) is 0 Å². The maximum absolute atomic E-state index is 12.8. The van der Waals surface area contributed by atoms with Crippen LogP contribution in [0.3, 0.4) is 0 Å². The molecule has 1 rings (SSSR count). The van der Waals surface area contributed by atoms with E-state index in [1.54, 1.807) is 0 Å². The van der Waals surface area contributed by atoms with Crippen LogP contribution in [0.25, 0.3) is 0 Å². The van der Waals surface area contributed by atoms with Crippen molar-refractivity contribution in [3.8, 4) is 0 Å². The number of benzene rings is 1. The molecule has 0 aliphatic carbocycles. The average molecular weight is 344 g/mol. The van der Waals surface area contributed by atoms with Gasteiger partial charge in [-0.15, -0.1) is 0 Å². The second kappa shape index (κ2) is 3.80. The minimum atomic E-state index is -5.41. The van der Waals surface area contributed by atoms with E-state index in [2.05, 4.69) is 0 Å². The van der Waals surface area contributed by atoms with E-state index >= 15 is 0 Å². The van der Waals surface area contributed by atoms with Gasteiger partial charge in [-0.25, -0.2) is 17.6 Å². The van der Waals surface area contributed by atoms with E-state index in [0.29, 0.717) is 0 Å². The normalized spacial score (nSPS) is 12.0. The number of halogens is 8. The van der Waals surface area contributed by atoms with Crippen LogP contribution in [0.4, 0.5) is 30.7 Å². The highest BCUT2D eigenvalue weighted by Gasteiger charge is 2.41. The highest BCUT2D eigenvalue weighted by atomic mass is 127. The Morgan fingerprint density at radius 1 is 0.733 bits per heavy atom. The van der Waals surface area contributed by atoms with Crippen LogP contribution in [0.15, 0.2) is 0 Å². The van der Waals surface area contributed by atoms with Crippen molar-refractivity contribution in [1.29, 1.82) is 0 Å². The van der Waals surface area contributed by atoms with Crippen molar-refractivity contribution >= 4 is 22.6 Å². The molecule has 84 valence electrons. The SMILES string of the molecule is Fc1c(F)c(I)c(F)c(C(F)(F)F)c1F. The summed E-state index contributed by atoms with van der Waals surface area (Å²) in [5.41, 5.74) is -2.43. The lowest BCUT2D eigenvalue weighted by molar-refractivity contribution is -0.143. The summed E-state index contributed by atoms with van der Waals surface area (Å²) in [6.45, 7) is 0. The fraction of sp³-hybridized carbons (Fsp3) is 0.143. The van der Waals surface area contributed by atoms with Gasteiger partial charge in [0.15, 0.2) is 23.3 Å². The lowest BCUT2D eigenvalue weighted by Gasteiger charge is -2.11. The summed E-state index contributed by atoms with van der Waals surface area (Å²) in [7, 11) is 0. The van der Waals surface area contributed by atoms with Crippen molar-refractivity contribution in [2.75, 3.05) is 0 Å². The standard InChI is InChI=1S/C7F7I/c8-2-1(7(12,13)14)3(9)6(15)5(11)4(2)10. The molecule has 0 unspecified atom stereocenters. The summed E-state index contributed by atoms with van der Waals surface area (Å²) in [6, 6.07) is 0. The molecule has 0 bridgehead atoms. The van der Waals surface area contributed by atoms with Gasteiger partial charge in [-0.05, 0) is 22.6 Å². The topological polar surface area (TPSA) is 0 Å². The Morgan fingerprint density at radius 2 is 1.20 bits per heavy atom. The van der Waals surface area contributed by atoms with Gasteiger partial charge < -0.3 is 0 Å². The van der Waals surface area contributed by atoms with Gasteiger partial charge in [0, 0.05) is 0 Å². The van der Waals surface area contributed by atoms with Crippen molar-refractivity contribution < 1.29 is 30.7 Å². The molecule has 0 radical (unpaired) electrons. The van der Waals surface area contributed by atoms with Crippen molar-refractivity contribution in [3.63, 3.8) is 0 Å². The first-order valence-electron chi connectivity index (χ1n) is 3.26. The summed E-state index contributed by atoms with van der Waals surface area (Å²) >= 11 is 0.820. The molecule has 1 aromatic carbocycles. The molecule has 0 atom stereocenters. The molecule has 0 amide bonds. The summed E-state index contributed by atoms with van der Waals surface area (Å²) in [5.74, 6) is -9.04. The Bertz CT molecular complexity index is 380. The molecule has 0 nitrogen and oxygen atoms in total. The fourth-order valence-electron chi connectivity index (χ4n) is 0.854. The molecule has 0 fully saturated rings. The third-order valence-corrected chi connectivity index (χ3v) is 2.44. The molecule has 8 heteroatoms. The zero-order chi connectivity index (χ0) is 12.0. The van der Waals surface area contributed by atoms with E-state index in [4.69, 9.17) is 0 Å². The third kappa shape index (κ3) is 2.04. The summed E-state index contributed by atoms with van der Waals surface area (Å²) in [4.78, 5) is 0. The second-order valence-corrected chi connectivity index (χ2v) is 3.52. The number of rotatable bonds is 0. The molecule has 15 heavy (non-hydrogen) atoms. The maximum atomic E-state index is 12.8. The third-order valence-electron chi connectivity index (χ3n) is 1.49. The Labute approximate surface area is 92.2 Å². The highest BCUT2D eigenvalue weighted by Crippen LogP contribution is 2.37. The summed E-state index contributed by atoms with van der Waals surface area (Å²) < 4.78 is 85.4. The molecule has 0 aromatic heterocycles. The van der Waals surface area contributed by atoms with Crippen molar-refractivity contribution in [3.05, 3.63) is 32.4 Å². The number of alkyl halides is 3. The largest absolute Gasteiger partial charge is 0.422 e. The number of hydrogen-bond donors (Lipinski definition) is 0. The van der Waals surface area contributed by atoms with Gasteiger partial charge in [0.05, 0.1) is 3.57 Å². The first-order chi connectivity index (χ1) is 6.68. The lowest BCUT2D eigenvalue weighted by atomic mass is 10.2. The Kier molecular flexibility index (Phi) is 3.17. The molecule has 0 spiro atoms. The van der Waals surface area contributed by atoms with E-state index in [-0.39, 0.29) is 0 Å². The molecule has 0 saturated heterocycles. The molecular formula is C7F7I. The first kappa shape index (κ1) is 12.5. The molecule has 0 heterocycles. The second-order valence-electron chi connectivity index (χ2n) is 2.44. The smallest absolute Gasteiger partial charge is 0.205 e. The average Bonchev–Trinajstić information content (AvgIpc) is 2.09. The van der Waals surface area contributed by atoms with Gasteiger partial charge in [0.2, 0.25) is 0 Å². The quantitative estimate of drug-likeness (QED) is 0.290. The zero-order valence-electron chi connectivity index (χ0n) is 6.52. The molecule has 1 aromatic rings. The molecule has 0 aliphatic rings. The fourth-order valence-corrected chi connectivity index (χ4v) is 1.36. The van der Waals surface area contributed by atoms with E-state index < -0.39 is 38.6 Å². The minimum Gasteiger partial charge on any atom is -0.205 e. The van der Waals surface area contributed by atoms with Crippen LogP contribution in [0, 0.1) is 26.8 Å². The monoisotopic (exact) mass is 344 g/mol. The van der Waals surface area contributed by atoms with E-state index in [0.717, 1.165) is 22.6 Å². The highest BCUT2D eigenvalue weighted by molar-refractivity contribution is 14.1. The van der Waals surface area contributed by atoms with Crippen LogP contribution < -0.4 is 0 Å². The van der Waals surface area contributed by atoms with E-state index in [1.165, 1.54) is 0 Å². The summed E-state index contributed by atoms with van der Waals surface area (Å²) in [5, 5.41) is 0. The molecular weight excluding hydrogens is 344 g/mol. The predicted octanol–water partition coefficient (Wildman–Crippen LogP) is 3.87. The molecule has 0 N–H and O–H groups in total. The van der Waals surface area contributed by atoms with Crippen molar-refractivity contribution in [1.82, 2.24) is 0 Å². The van der Waals surface area contributed by atoms with Gasteiger partial charge in [-0.2, -0.15) is 13.2 Å². The summed E-state index contributed by atoms with van der Waals surface area (Å²) in [6.07, 6.45) is -5.41. The van der Waals surface area contributed by atoms with Gasteiger partial charge in [-0.3, -0.25) is 0 Å².